The minimum atomic E-state index is -1.40. The van der Waals surface area contributed by atoms with E-state index in [0.29, 0.717) is 0 Å². The molecule has 0 saturated carbocycles. The monoisotopic (exact) mass is 410 g/mol. The molecule has 0 aliphatic carbocycles. The number of benzene rings is 2. The van der Waals surface area contributed by atoms with Crippen molar-refractivity contribution >= 4 is 23.3 Å². The van der Waals surface area contributed by atoms with Crippen LogP contribution in [0.25, 0.3) is 0 Å². The highest BCUT2D eigenvalue weighted by Crippen LogP contribution is 2.35. The van der Waals surface area contributed by atoms with Gasteiger partial charge >= 0.3 is 5.97 Å². The third kappa shape index (κ3) is 4.94. The second-order valence-corrected chi connectivity index (χ2v) is 5.65. The minimum Gasteiger partial charge on any atom is -0.493 e. The zero-order chi connectivity index (χ0) is 21.7. The van der Waals surface area contributed by atoms with Crippen molar-refractivity contribution in [3.63, 3.8) is 0 Å². The van der Waals surface area contributed by atoms with E-state index in [2.05, 4.69) is 5.32 Å². The van der Waals surface area contributed by atoms with E-state index >= 15 is 0 Å². The van der Waals surface area contributed by atoms with E-state index in [1.165, 1.54) is 21.1 Å². The molecule has 2 aromatic carbocycles. The van der Waals surface area contributed by atoms with Crippen LogP contribution in [0.2, 0.25) is 0 Å². The summed E-state index contributed by atoms with van der Waals surface area (Å²) < 4.78 is 41.1. The fourth-order valence-electron chi connectivity index (χ4n) is 2.28. The number of anilines is 1. The molecule has 1 atom stereocenters. The van der Waals surface area contributed by atoms with Gasteiger partial charge in [0.15, 0.2) is 29.2 Å². The number of methoxy groups -OCH3 is 2. The molecule has 0 spiro atoms. The lowest BCUT2D eigenvalue weighted by atomic mass is 10.1. The van der Waals surface area contributed by atoms with Gasteiger partial charge in [0.1, 0.15) is 5.56 Å². The van der Waals surface area contributed by atoms with E-state index < -0.39 is 45.8 Å². The van der Waals surface area contributed by atoms with Crippen LogP contribution in [0.15, 0.2) is 30.3 Å². The number of amides is 1. The molecule has 0 heterocycles. The lowest BCUT2D eigenvalue weighted by molar-refractivity contribution is -0.385. The van der Waals surface area contributed by atoms with Crippen LogP contribution in [-0.4, -0.2) is 37.1 Å². The zero-order valence-corrected chi connectivity index (χ0v) is 15.5. The first kappa shape index (κ1) is 21.5. The van der Waals surface area contributed by atoms with Crippen molar-refractivity contribution < 1.29 is 37.5 Å². The Kier molecular flexibility index (Phi) is 6.65. The molecule has 0 bridgehead atoms. The summed E-state index contributed by atoms with van der Waals surface area (Å²) in [6.07, 6.45) is -1.40. The first-order valence-corrected chi connectivity index (χ1v) is 8.05. The lowest BCUT2D eigenvalue weighted by Gasteiger charge is -2.15. The second-order valence-electron chi connectivity index (χ2n) is 5.65. The average Bonchev–Trinajstić information content (AvgIpc) is 2.69. The van der Waals surface area contributed by atoms with Crippen LogP contribution in [0.4, 0.5) is 20.2 Å². The summed E-state index contributed by atoms with van der Waals surface area (Å²) in [5.74, 6) is -4.21. The molecule has 0 fully saturated rings. The largest absolute Gasteiger partial charge is 0.493 e. The number of nitro groups is 1. The summed E-state index contributed by atoms with van der Waals surface area (Å²) in [7, 11) is 2.54. The van der Waals surface area contributed by atoms with Gasteiger partial charge in [-0.3, -0.25) is 14.9 Å². The molecule has 0 saturated heterocycles. The van der Waals surface area contributed by atoms with Gasteiger partial charge in [-0.2, -0.15) is 0 Å². The van der Waals surface area contributed by atoms with Gasteiger partial charge in [-0.05, 0) is 19.1 Å². The molecule has 0 unspecified atom stereocenters. The fraction of sp³-hybridized carbons (Fsp3) is 0.222. The highest BCUT2D eigenvalue weighted by atomic mass is 19.2. The number of carbonyl (C=O) groups excluding carboxylic acids is 2. The predicted octanol–water partition coefficient (Wildman–Crippen LogP) is 3.07. The number of hydrogen-bond acceptors (Lipinski definition) is 7. The number of nitrogens with one attached hydrogen (secondary N) is 1. The minimum absolute atomic E-state index is 0.0277. The van der Waals surface area contributed by atoms with Crippen molar-refractivity contribution in [2.24, 2.45) is 0 Å². The maximum absolute atomic E-state index is 13.2. The summed E-state index contributed by atoms with van der Waals surface area (Å²) in [6, 6.07) is 4.72. The van der Waals surface area contributed by atoms with Gasteiger partial charge in [0.2, 0.25) is 0 Å². The van der Waals surface area contributed by atoms with E-state index in [0.717, 1.165) is 30.3 Å². The smallest absolute Gasteiger partial charge is 0.346 e. The topological polar surface area (TPSA) is 117 Å². The van der Waals surface area contributed by atoms with Crippen LogP contribution in [0.3, 0.4) is 0 Å². The van der Waals surface area contributed by atoms with Gasteiger partial charge in [0.05, 0.1) is 25.2 Å². The normalized spacial score (nSPS) is 11.3. The number of carbonyl (C=O) groups is 2. The highest BCUT2D eigenvalue weighted by Gasteiger charge is 2.28. The molecule has 1 N–H and O–H groups in total. The SMILES string of the molecule is COc1cc(C(=O)O[C@@H](C)C(=O)Nc2ccc(F)c(F)c2)c([N+](=O)[O-])cc1OC. The quantitative estimate of drug-likeness (QED) is 0.423. The Morgan fingerprint density at radius 2 is 1.69 bits per heavy atom. The van der Waals surface area contributed by atoms with Crippen LogP contribution in [-0.2, 0) is 9.53 Å². The molecule has 2 rings (SSSR count). The van der Waals surface area contributed by atoms with Crippen molar-refractivity contribution in [2.75, 3.05) is 19.5 Å². The van der Waals surface area contributed by atoms with Gasteiger partial charge < -0.3 is 19.5 Å². The maximum atomic E-state index is 13.2. The molecule has 0 aliphatic heterocycles. The highest BCUT2D eigenvalue weighted by molar-refractivity contribution is 5.99. The van der Waals surface area contributed by atoms with Crippen molar-refractivity contribution in [3.05, 3.63) is 57.6 Å². The van der Waals surface area contributed by atoms with Gasteiger partial charge in [-0.25, -0.2) is 13.6 Å². The van der Waals surface area contributed by atoms with E-state index in [-0.39, 0.29) is 17.2 Å². The Bertz CT molecular complexity index is 965. The molecule has 11 heteroatoms. The van der Waals surface area contributed by atoms with Gasteiger partial charge in [0, 0.05) is 17.8 Å². The van der Waals surface area contributed by atoms with Crippen molar-refractivity contribution in [3.8, 4) is 11.5 Å². The Labute approximate surface area is 163 Å². The van der Waals surface area contributed by atoms with Crippen LogP contribution in [0.1, 0.15) is 17.3 Å². The van der Waals surface area contributed by atoms with E-state index in [9.17, 15) is 28.5 Å². The van der Waals surface area contributed by atoms with Gasteiger partial charge in [-0.15, -0.1) is 0 Å². The number of esters is 1. The number of nitro benzene ring substituents is 1. The van der Waals surface area contributed by atoms with Crippen LogP contribution < -0.4 is 14.8 Å². The molecule has 1 amide bonds. The fourth-order valence-corrected chi connectivity index (χ4v) is 2.28. The number of hydrogen-bond donors (Lipinski definition) is 1. The molecule has 29 heavy (non-hydrogen) atoms. The Hall–Kier alpha value is -3.76. The third-order valence-electron chi connectivity index (χ3n) is 3.76. The zero-order valence-electron chi connectivity index (χ0n) is 15.5. The van der Waals surface area contributed by atoms with Gasteiger partial charge in [0.25, 0.3) is 11.6 Å². The number of halogens is 2. The second kappa shape index (κ2) is 8.95. The molecule has 2 aromatic rings. The Morgan fingerprint density at radius 3 is 2.24 bits per heavy atom. The average molecular weight is 410 g/mol. The summed E-state index contributed by atoms with van der Waals surface area (Å²) in [6.45, 7) is 1.21. The van der Waals surface area contributed by atoms with Gasteiger partial charge in [-0.1, -0.05) is 0 Å². The Balaban J connectivity index is 2.20. The third-order valence-corrected chi connectivity index (χ3v) is 3.76. The van der Waals surface area contributed by atoms with E-state index in [1.807, 2.05) is 0 Å². The number of ether oxygens (including phenoxy) is 3. The lowest BCUT2D eigenvalue weighted by Crippen LogP contribution is -2.30. The first-order chi connectivity index (χ1) is 13.7. The Morgan fingerprint density at radius 1 is 1.07 bits per heavy atom. The van der Waals surface area contributed by atoms with Crippen LogP contribution in [0, 0.1) is 21.7 Å². The van der Waals surface area contributed by atoms with Crippen LogP contribution in [0.5, 0.6) is 11.5 Å². The van der Waals surface area contributed by atoms with Crippen molar-refractivity contribution in [1.29, 1.82) is 0 Å². The van der Waals surface area contributed by atoms with Crippen molar-refractivity contribution in [1.82, 2.24) is 0 Å². The summed E-state index contributed by atoms with van der Waals surface area (Å²) in [5.41, 5.74) is -1.13. The molecule has 154 valence electrons. The number of rotatable bonds is 7. The van der Waals surface area contributed by atoms with Crippen molar-refractivity contribution in [2.45, 2.75) is 13.0 Å². The summed E-state index contributed by atoms with van der Waals surface area (Å²) in [5, 5.41) is 13.5. The standard InChI is InChI=1S/C18H16F2N2O7/c1-9(17(23)21-10-4-5-12(19)13(20)6-10)29-18(24)11-7-15(27-2)16(28-3)8-14(11)22(25)26/h4-9H,1-3H3,(H,21,23)/t9-/m0/s1. The van der Waals surface area contributed by atoms with E-state index in [1.54, 1.807) is 0 Å². The first-order valence-electron chi connectivity index (χ1n) is 8.05. The maximum Gasteiger partial charge on any atom is 0.346 e. The molecule has 0 aliphatic rings. The molecule has 9 nitrogen and oxygen atoms in total. The van der Waals surface area contributed by atoms with Crippen LogP contribution >= 0.6 is 0 Å². The molecular weight excluding hydrogens is 394 g/mol. The number of nitrogens with zero attached hydrogens (tertiary/aromatic N) is 1. The molecular formula is C18H16F2N2O7. The summed E-state index contributed by atoms with van der Waals surface area (Å²) in [4.78, 5) is 35.0. The molecule has 0 radical (unpaired) electrons. The summed E-state index contributed by atoms with van der Waals surface area (Å²) >= 11 is 0. The molecule has 0 aromatic heterocycles. The predicted molar refractivity (Wildman–Crippen MR) is 96.1 cm³/mol. The van der Waals surface area contributed by atoms with E-state index in [4.69, 9.17) is 14.2 Å².